The van der Waals surface area contributed by atoms with Crippen molar-refractivity contribution in [1.82, 2.24) is 19.6 Å². The number of hydrogen-bond donors (Lipinski definition) is 0. The van der Waals surface area contributed by atoms with Crippen LogP contribution in [-0.2, 0) is 6.42 Å². The molecule has 0 unspecified atom stereocenters. The van der Waals surface area contributed by atoms with E-state index in [-0.39, 0.29) is 5.82 Å². The van der Waals surface area contributed by atoms with Crippen molar-refractivity contribution in [3.63, 3.8) is 0 Å². The van der Waals surface area contributed by atoms with E-state index in [9.17, 15) is 4.39 Å². The van der Waals surface area contributed by atoms with Crippen molar-refractivity contribution in [2.45, 2.75) is 20.3 Å². The molecule has 6 heteroatoms. The Labute approximate surface area is 191 Å². The van der Waals surface area contributed by atoms with Crippen LogP contribution in [0, 0.1) is 12.7 Å². The highest BCUT2D eigenvalue weighted by Crippen LogP contribution is 2.34. The van der Waals surface area contributed by atoms with Crippen LogP contribution in [0.1, 0.15) is 18.2 Å². The predicted molar refractivity (Wildman–Crippen MR) is 127 cm³/mol. The SMILES string of the molecule is CCc1nn2c(-c3ccc(F)cc3)cc(Cl)cc2c1-c1ccc(C)cc1.c1cncnc1. The van der Waals surface area contributed by atoms with Gasteiger partial charge in [-0.1, -0.05) is 48.4 Å². The third-order valence-corrected chi connectivity index (χ3v) is 5.28. The second kappa shape index (κ2) is 9.71. The molecule has 32 heavy (non-hydrogen) atoms. The average Bonchev–Trinajstić information content (AvgIpc) is 3.19. The number of aryl methyl sites for hydroxylation is 2. The van der Waals surface area contributed by atoms with Gasteiger partial charge in [0.1, 0.15) is 12.1 Å². The van der Waals surface area contributed by atoms with Gasteiger partial charge in [-0.2, -0.15) is 5.10 Å². The average molecular weight is 445 g/mol. The molecule has 2 aromatic carbocycles. The van der Waals surface area contributed by atoms with Gasteiger partial charge in [-0.05, 0) is 61.4 Å². The molecule has 3 heterocycles. The highest BCUT2D eigenvalue weighted by Gasteiger charge is 2.17. The van der Waals surface area contributed by atoms with E-state index in [1.807, 2.05) is 16.6 Å². The highest BCUT2D eigenvalue weighted by molar-refractivity contribution is 6.31. The van der Waals surface area contributed by atoms with E-state index >= 15 is 0 Å². The van der Waals surface area contributed by atoms with Gasteiger partial charge in [0.05, 0.1) is 16.9 Å². The maximum atomic E-state index is 13.3. The van der Waals surface area contributed by atoms with Crippen molar-refractivity contribution >= 4 is 17.1 Å². The zero-order valence-electron chi connectivity index (χ0n) is 17.8. The first-order valence-corrected chi connectivity index (χ1v) is 10.7. The summed E-state index contributed by atoms with van der Waals surface area (Å²) < 4.78 is 15.2. The van der Waals surface area contributed by atoms with Crippen molar-refractivity contribution in [2.75, 3.05) is 0 Å². The van der Waals surface area contributed by atoms with Crippen LogP contribution in [-0.4, -0.2) is 19.6 Å². The number of halogens is 2. The quantitative estimate of drug-likeness (QED) is 0.307. The standard InChI is InChI=1S/C22H18ClFN2.C4H4N2/c1-3-19-22(16-6-4-14(2)5-7-16)21-13-17(23)12-20(26(21)25-19)15-8-10-18(24)11-9-15;1-2-5-4-6-3-1/h4-13H,3H2,1-2H3;1-4H. The molecule has 0 aliphatic rings. The largest absolute Gasteiger partial charge is 0.245 e. The summed E-state index contributed by atoms with van der Waals surface area (Å²) in [7, 11) is 0. The normalized spacial score (nSPS) is 10.6. The maximum absolute atomic E-state index is 13.3. The van der Waals surface area contributed by atoms with Gasteiger partial charge in [-0.15, -0.1) is 0 Å². The zero-order chi connectivity index (χ0) is 22.5. The minimum Gasteiger partial charge on any atom is -0.245 e. The third-order valence-electron chi connectivity index (χ3n) is 5.06. The van der Waals surface area contributed by atoms with Crippen LogP contribution >= 0.6 is 11.6 Å². The Morgan fingerprint density at radius 2 is 1.56 bits per heavy atom. The fourth-order valence-corrected chi connectivity index (χ4v) is 3.73. The molecule has 0 radical (unpaired) electrons. The Morgan fingerprint density at radius 1 is 0.906 bits per heavy atom. The lowest BCUT2D eigenvalue weighted by molar-refractivity contribution is 0.628. The van der Waals surface area contributed by atoms with Crippen LogP contribution in [0.3, 0.4) is 0 Å². The molecule has 0 bridgehead atoms. The number of benzene rings is 2. The molecule has 4 nitrogen and oxygen atoms in total. The minimum atomic E-state index is -0.262. The number of pyridine rings is 1. The van der Waals surface area contributed by atoms with Crippen molar-refractivity contribution in [3.8, 4) is 22.4 Å². The van der Waals surface area contributed by atoms with Gasteiger partial charge < -0.3 is 0 Å². The summed E-state index contributed by atoms with van der Waals surface area (Å²) in [4.78, 5) is 7.35. The van der Waals surface area contributed by atoms with Gasteiger partial charge in [0.2, 0.25) is 0 Å². The molecule has 0 atom stereocenters. The molecular weight excluding hydrogens is 423 g/mol. The molecule has 0 aliphatic carbocycles. The first-order chi connectivity index (χ1) is 15.6. The number of aromatic nitrogens is 4. The fraction of sp³-hybridized carbons (Fsp3) is 0.115. The van der Waals surface area contributed by atoms with Crippen molar-refractivity contribution in [2.24, 2.45) is 0 Å². The van der Waals surface area contributed by atoms with Crippen LogP contribution in [0.25, 0.3) is 27.9 Å². The first-order valence-electron chi connectivity index (χ1n) is 10.3. The van der Waals surface area contributed by atoms with Crippen molar-refractivity contribution < 1.29 is 4.39 Å². The Kier molecular flexibility index (Phi) is 6.57. The van der Waals surface area contributed by atoms with Crippen LogP contribution in [0.5, 0.6) is 0 Å². The van der Waals surface area contributed by atoms with Crippen LogP contribution in [0.15, 0.2) is 85.5 Å². The van der Waals surface area contributed by atoms with E-state index in [4.69, 9.17) is 16.7 Å². The van der Waals surface area contributed by atoms with Crippen LogP contribution < -0.4 is 0 Å². The molecule has 0 aliphatic heterocycles. The van der Waals surface area contributed by atoms with E-state index < -0.39 is 0 Å². The fourth-order valence-electron chi connectivity index (χ4n) is 3.52. The van der Waals surface area contributed by atoms with Crippen LogP contribution in [0.4, 0.5) is 4.39 Å². The molecule has 0 saturated heterocycles. The lowest BCUT2D eigenvalue weighted by Gasteiger charge is -2.08. The predicted octanol–water partition coefficient (Wildman–Crippen LogP) is 6.81. The smallest absolute Gasteiger partial charge is 0.123 e. The Bertz CT molecular complexity index is 1290. The summed E-state index contributed by atoms with van der Waals surface area (Å²) in [5.41, 5.74) is 7.12. The lowest BCUT2D eigenvalue weighted by atomic mass is 10.0. The van der Waals surface area contributed by atoms with E-state index in [1.165, 1.54) is 24.0 Å². The van der Waals surface area contributed by atoms with Gasteiger partial charge in [0.15, 0.2) is 0 Å². The highest BCUT2D eigenvalue weighted by atomic mass is 35.5. The first kappa shape index (κ1) is 21.7. The second-order valence-corrected chi connectivity index (χ2v) is 7.74. The Morgan fingerprint density at radius 3 is 2.12 bits per heavy atom. The lowest BCUT2D eigenvalue weighted by Crippen LogP contribution is -1.95. The van der Waals surface area contributed by atoms with Gasteiger partial charge in [-0.25, -0.2) is 18.9 Å². The summed E-state index contributed by atoms with van der Waals surface area (Å²) >= 11 is 6.43. The molecule has 0 fully saturated rings. The summed E-state index contributed by atoms with van der Waals surface area (Å²) in [6.07, 6.45) is 5.69. The Balaban J connectivity index is 0.000000354. The molecule has 3 aromatic heterocycles. The molecule has 0 spiro atoms. The van der Waals surface area contributed by atoms with Crippen molar-refractivity contribution in [1.29, 1.82) is 0 Å². The maximum Gasteiger partial charge on any atom is 0.123 e. The van der Waals surface area contributed by atoms with E-state index in [2.05, 4.69) is 48.1 Å². The summed E-state index contributed by atoms with van der Waals surface area (Å²) in [5.74, 6) is -0.262. The number of nitrogens with zero attached hydrogens (tertiary/aromatic N) is 4. The van der Waals surface area contributed by atoms with Gasteiger partial charge in [0.25, 0.3) is 0 Å². The zero-order valence-corrected chi connectivity index (χ0v) is 18.6. The van der Waals surface area contributed by atoms with Crippen molar-refractivity contribution in [3.05, 3.63) is 108 Å². The third kappa shape index (κ3) is 4.68. The second-order valence-electron chi connectivity index (χ2n) is 7.31. The summed E-state index contributed by atoms with van der Waals surface area (Å²) in [6.45, 7) is 4.17. The van der Waals surface area contributed by atoms with Gasteiger partial charge in [-0.3, -0.25) is 0 Å². The van der Waals surface area contributed by atoms with E-state index in [0.717, 1.165) is 40.0 Å². The molecule has 5 rings (SSSR count). The number of rotatable bonds is 3. The molecular formula is C26H22ClFN4. The van der Waals surface area contributed by atoms with E-state index in [1.54, 1.807) is 30.6 Å². The molecule has 0 saturated carbocycles. The summed E-state index contributed by atoms with van der Waals surface area (Å²) in [6, 6.07) is 20.4. The molecule has 160 valence electrons. The number of hydrogen-bond acceptors (Lipinski definition) is 3. The van der Waals surface area contributed by atoms with Gasteiger partial charge >= 0.3 is 0 Å². The number of fused-ring (bicyclic) bond motifs is 1. The topological polar surface area (TPSA) is 43.1 Å². The molecule has 0 N–H and O–H groups in total. The summed E-state index contributed by atoms with van der Waals surface area (Å²) in [5, 5.41) is 5.47. The van der Waals surface area contributed by atoms with Gasteiger partial charge in [0, 0.05) is 28.5 Å². The molecule has 0 amide bonds. The minimum absolute atomic E-state index is 0.262. The monoisotopic (exact) mass is 444 g/mol. The van der Waals surface area contributed by atoms with Crippen LogP contribution in [0.2, 0.25) is 5.02 Å². The molecule has 5 aromatic rings. The van der Waals surface area contributed by atoms with E-state index in [0.29, 0.717) is 5.02 Å². The Hall–Kier alpha value is -3.57.